The van der Waals surface area contributed by atoms with Gasteiger partial charge in [-0.1, -0.05) is 24.3 Å². The first-order valence-corrected chi connectivity index (χ1v) is 10.3. The molecule has 4 aromatic rings. The fourth-order valence-corrected chi connectivity index (χ4v) is 3.36. The topological polar surface area (TPSA) is 102 Å². The quantitative estimate of drug-likeness (QED) is 0.480. The first-order valence-electron chi connectivity index (χ1n) is 10.3. The molecule has 2 aromatic heterocycles. The summed E-state index contributed by atoms with van der Waals surface area (Å²) in [6.45, 7) is 5.37. The third kappa shape index (κ3) is 4.60. The number of aromatic nitrogens is 4. The average molecular weight is 431 g/mol. The lowest BCUT2D eigenvalue weighted by Gasteiger charge is -2.20. The van der Waals surface area contributed by atoms with E-state index in [-0.39, 0.29) is 17.8 Å². The Kier molecular flexibility index (Phi) is 5.63. The van der Waals surface area contributed by atoms with E-state index in [1.807, 2.05) is 31.2 Å². The van der Waals surface area contributed by atoms with E-state index in [0.717, 1.165) is 16.6 Å². The van der Waals surface area contributed by atoms with Gasteiger partial charge in [-0.2, -0.15) is 15.0 Å². The number of carbonyl (C=O) groups excluding carboxylic acids is 1. The number of hydrogen-bond acceptors (Lipinski definition) is 6. The summed E-state index contributed by atoms with van der Waals surface area (Å²) in [7, 11) is 1.75. The second-order valence-corrected chi connectivity index (χ2v) is 8.17. The van der Waals surface area contributed by atoms with Crippen molar-refractivity contribution in [3.8, 4) is 11.6 Å². The van der Waals surface area contributed by atoms with E-state index < -0.39 is 5.60 Å². The molecule has 0 aliphatic heterocycles. The van der Waals surface area contributed by atoms with Crippen LogP contribution in [0.15, 0.2) is 60.8 Å². The summed E-state index contributed by atoms with van der Waals surface area (Å²) in [6, 6.07) is 16.0. The summed E-state index contributed by atoms with van der Waals surface area (Å²) >= 11 is 0. The van der Waals surface area contributed by atoms with Crippen LogP contribution in [0.2, 0.25) is 0 Å². The third-order valence-electron chi connectivity index (χ3n) is 5.15. The Morgan fingerprint density at radius 3 is 2.53 bits per heavy atom. The lowest BCUT2D eigenvalue weighted by atomic mass is 9.96. The second-order valence-electron chi connectivity index (χ2n) is 8.17. The van der Waals surface area contributed by atoms with Gasteiger partial charge in [0.05, 0.1) is 11.6 Å². The zero-order chi connectivity index (χ0) is 22.9. The van der Waals surface area contributed by atoms with Gasteiger partial charge in [-0.25, -0.2) is 4.98 Å². The molecule has 0 fully saturated rings. The van der Waals surface area contributed by atoms with Gasteiger partial charge < -0.3 is 15.2 Å². The fourth-order valence-electron chi connectivity index (χ4n) is 3.36. The molecule has 0 spiro atoms. The van der Waals surface area contributed by atoms with Gasteiger partial charge in [0.15, 0.2) is 0 Å². The van der Waals surface area contributed by atoms with Crippen molar-refractivity contribution >= 4 is 16.9 Å². The normalized spacial score (nSPS) is 12.5. The Bertz CT molecular complexity index is 1260. The highest BCUT2D eigenvalue weighted by molar-refractivity contribution is 5.96. The fraction of sp³-hybridized carbons (Fsp3) is 0.250. The molecule has 8 nitrogen and oxygen atoms in total. The zero-order valence-electron chi connectivity index (χ0n) is 18.4. The Balaban J connectivity index is 1.51. The maximum Gasteiger partial charge on any atom is 0.257 e. The predicted octanol–water partition coefficient (Wildman–Crippen LogP) is 3.87. The number of ether oxygens (including phenoxy) is 1. The molecule has 2 heterocycles. The van der Waals surface area contributed by atoms with Crippen LogP contribution >= 0.6 is 0 Å². The molecule has 164 valence electrons. The number of rotatable bonds is 6. The van der Waals surface area contributed by atoms with Crippen LogP contribution in [0.3, 0.4) is 0 Å². The maximum absolute atomic E-state index is 13.0. The molecule has 8 heteroatoms. The molecule has 0 bridgehead atoms. The molecule has 0 saturated heterocycles. The summed E-state index contributed by atoms with van der Waals surface area (Å²) in [5.41, 5.74) is 2.58. The Labute approximate surface area is 185 Å². The number of benzene rings is 2. The van der Waals surface area contributed by atoms with Gasteiger partial charge in [-0.3, -0.25) is 4.79 Å². The number of nitrogens with one attached hydrogen (secondary N) is 1. The Morgan fingerprint density at radius 1 is 1.09 bits per heavy atom. The molecule has 1 atom stereocenters. The maximum atomic E-state index is 13.0. The number of hydrogen-bond donors (Lipinski definition) is 2. The number of pyridine rings is 1. The van der Waals surface area contributed by atoms with Crippen LogP contribution in [-0.4, -0.2) is 31.0 Å². The van der Waals surface area contributed by atoms with Crippen LogP contribution in [0, 0.1) is 0 Å². The summed E-state index contributed by atoms with van der Waals surface area (Å²) in [5, 5.41) is 21.6. The lowest BCUT2D eigenvalue weighted by molar-refractivity contribution is 0.0785. The van der Waals surface area contributed by atoms with Gasteiger partial charge in [0, 0.05) is 19.3 Å². The third-order valence-corrected chi connectivity index (χ3v) is 5.15. The minimum absolute atomic E-state index is 0.206. The van der Waals surface area contributed by atoms with Crippen LogP contribution in [0.4, 0.5) is 0 Å². The average Bonchev–Trinajstić information content (AvgIpc) is 3.13. The molecule has 0 aliphatic carbocycles. The van der Waals surface area contributed by atoms with Crippen molar-refractivity contribution in [3.63, 3.8) is 0 Å². The molecular weight excluding hydrogens is 406 g/mol. The number of carbonyl (C=O) groups is 1. The van der Waals surface area contributed by atoms with Gasteiger partial charge in [0.1, 0.15) is 22.3 Å². The number of amides is 1. The molecule has 32 heavy (non-hydrogen) atoms. The van der Waals surface area contributed by atoms with E-state index in [9.17, 15) is 9.90 Å². The SMILES string of the molecule is C[C@@H](NC(=O)c1cccnc1Oc1ccc2nn(C)nc2c1)c1ccc(C(C)(C)O)cc1. The standard InChI is InChI=1S/C24H25N5O3/c1-15(16-7-9-17(10-8-16)24(2,3)31)26-22(30)19-6-5-13-25-23(19)32-18-11-12-20-21(14-18)28-29(4)27-20/h5-15,31H,1-4H3,(H,26,30)/t15-/m1/s1. The van der Waals surface area contributed by atoms with Gasteiger partial charge >= 0.3 is 0 Å². The molecule has 0 aliphatic rings. The van der Waals surface area contributed by atoms with Crippen LogP contribution in [0.25, 0.3) is 11.0 Å². The minimum Gasteiger partial charge on any atom is -0.438 e. The van der Waals surface area contributed by atoms with E-state index in [1.165, 1.54) is 4.80 Å². The largest absolute Gasteiger partial charge is 0.438 e. The van der Waals surface area contributed by atoms with E-state index in [0.29, 0.717) is 16.8 Å². The molecule has 2 N–H and O–H groups in total. The van der Waals surface area contributed by atoms with E-state index in [1.54, 1.807) is 57.4 Å². The zero-order valence-corrected chi connectivity index (χ0v) is 18.4. The summed E-state index contributed by atoms with van der Waals surface area (Å²) in [6.07, 6.45) is 1.58. The van der Waals surface area contributed by atoms with E-state index in [4.69, 9.17) is 4.74 Å². The molecule has 1 amide bonds. The Hall–Kier alpha value is -3.78. The number of aliphatic hydroxyl groups is 1. The summed E-state index contributed by atoms with van der Waals surface area (Å²) in [5.74, 6) is 0.423. The first kappa shape index (κ1) is 21.5. The van der Waals surface area contributed by atoms with Crippen LogP contribution in [-0.2, 0) is 12.6 Å². The second kappa shape index (κ2) is 8.39. The first-order chi connectivity index (χ1) is 15.2. The van der Waals surface area contributed by atoms with Crippen molar-refractivity contribution in [3.05, 3.63) is 77.5 Å². The molecular formula is C24H25N5O3. The number of aryl methyl sites for hydroxylation is 1. The van der Waals surface area contributed by atoms with Crippen molar-refractivity contribution in [1.82, 2.24) is 25.3 Å². The van der Waals surface area contributed by atoms with E-state index >= 15 is 0 Å². The van der Waals surface area contributed by atoms with Crippen LogP contribution in [0.1, 0.15) is 48.3 Å². The molecule has 4 rings (SSSR count). The highest BCUT2D eigenvalue weighted by Crippen LogP contribution is 2.26. The van der Waals surface area contributed by atoms with Crippen LogP contribution < -0.4 is 10.1 Å². The monoisotopic (exact) mass is 431 g/mol. The summed E-state index contributed by atoms with van der Waals surface area (Å²) in [4.78, 5) is 18.7. The van der Waals surface area contributed by atoms with Crippen molar-refractivity contribution < 1.29 is 14.6 Å². The van der Waals surface area contributed by atoms with Crippen LogP contribution in [0.5, 0.6) is 11.6 Å². The smallest absolute Gasteiger partial charge is 0.257 e. The van der Waals surface area contributed by atoms with Crippen molar-refractivity contribution in [2.45, 2.75) is 32.4 Å². The molecule has 0 radical (unpaired) electrons. The van der Waals surface area contributed by atoms with Gasteiger partial charge in [0.25, 0.3) is 5.91 Å². The number of fused-ring (bicyclic) bond motifs is 1. The van der Waals surface area contributed by atoms with Gasteiger partial charge in [-0.05, 0) is 56.2 Å². The van der Waals surface area contributed by atoms with Crippen molar-refractivity contribution in [2.75, 3.05) is 0 Å². The van der Waals surface area contributed by atoms with E-state index in [2.05, 4.69) is 20.5 Å². The van der Waals surface area contributed by atoms with Crippen molar-refractivity contribution in [1.29, 1.82) is 0 Å². The van der Waals surface area contributed by atoms with Crippen molar-refractivity contribution in [2.24, 2.45) is 7.05 Å². The molecule has 0 saturated carbocycles. The molecule has 0 unspecified atom stereocenters. The van der Waals surface area contributed by atoms with Gasteiger partial charge in [0.2, 0.25) is 5.88 Å². The number of nitrogens with zero attached hydrogens (tertiary/aromatic N) is 4. The summed E-state index contributed by atoms with van der Waals surface area (Å²) < 4.78 is 5.91. The van der Waals surface area contributed by atoms with Gasteiger partial charge in [-0.15, -0.1) is 0 Å². The highest BCUT2D eigenvalue weighted by atomic mass is 16.5. The molecule has 2 aromatic carbocycles. The lowest BCUT2D eigenvalue weighted by Crippen LogP contribution is -2.27. The Morgan fingerprint density at radius 2 is 1.81 bits per heavy atom. The predicted molar refractivity (Wildman–Crippen MR) is 120 cm³/mol. The minimum atomic E-state index is -0.915. The highest BCUT2D eigenvalue weighted by Gasteiger charge is 2.19.